The number of ether oxygens (including phenoxy) is 1. The predicted octanol–water partition coefficient (Wildman–Crippen LogP) is 4.19. The summed E-state index contributed by atoms with van der Waals surface area (Å²) < 4.78 is 41.8. The maximum Gasteiger partial charge on any atom is 0.422 e. The molecule has 0 bridgehead atoms. The highest BCUT2D eigenvalue weighted by molar-refractivity contribution is 5.77. The molecule has 0 aliphatic carbocycles. The van der Waals surface area contributed by atoms with E-state index in [2.05, 4.69) is 0 Å². The Morgan fingerprint density at radius 2 is 1.80 bits per heavy atom. The van der Waals surface area contributed by atoms with Crippen LogP contribution in [-0.4, -0.2) is 12.8 Å². The third-order valence-corrected chi connectivity index (χ3v) is 2.75. The molecular formula is C15H14F3NO. The Labute approximate surface area is 115 Å². The SMILES string of the molecule is Cc1cccc(-c2cccc(N)c2OCC(F)(F)F)c1. The van der Waals surface area contributed by atoms with Crippen molar-refractivity contribution in [1.82, 2.24) is 0 Å². The summed E-state index contributed by atoms with van der Waals surface area (Å²) >= 11 is 0. The first kappa shape index (κ1) is 14.2. The van der Waals surface area contributed by atoms with Gasteiger partial charge in [-0.15, -0.1) is 0 Å². The number of rotatable bonds is 3. The maximum atomic E-state index is 12.3. The van der Waals surface area contributed by atoms with Crippen LogP contribution in [0.15, 0.2) is 42.5 Å². The summed E-state index contributed by atoms with van der Waals surface area (Å²) in [4.78, 5) is 0. The number of hydrogen-bond acceptors (Lipinski definition) is 2. The lowest BCUT2D eigenvalue weighted by Gasteiger charge is -2.15. The van der Waals surface area contributed by atoms with Crippen LogP contribution < -0.4 is 10.5 Å². The monoisotopic (exact) mass is 281 g/mol. The van der Waals surface area contributed by atoms with Gasteiger partial charge < -0.3 is 10.5 Å². The second-order valence-electron chi connectivity index (χ2n) is 4.50. The van der Waals surface area contributed by atoms with Crippen molar-refractivity contribution in [3.8, 4) is 16.9 Å². The van der Waals surface area contributed by atoms with E-state index >= 15 is 0 Å². The van der Waals surface area contributed by atoms with Crippen LogP contribution >= 0.6 is 0 Å². The summed E-state index contributed by atoms with van der Waals surface area (Å²) in [6.45, 7) is 0.548. The van der Waals surface area contributed by atoms with Crippen LogP contribution in [0, 0.1) is 6.92 Å². The van der Waals surface area contributed by atoms with Crippen molar-refractivity contribution >= 4 is 5.69 Å². The smallest absolute Gasteiger partial charge is 0.422 e. The Morgan fingerprint density at radius 3 is 2.45 bits per heavy atom. The van der Waals surface area contributed by atoms with Gasteiger partial charge in [0.05, 0.1) is 5.69 Å². The van der Waals surface area contributed by atoms with Crippen molar-refractivity contribution in [3.05, 3.63) is 48.0 Å². The standard InChI is InChI=1S/C15H14F3NO/c1-10-4-2-5-11(8-10)12-6-3-7-13(19)14(12)20-9-15(16,17)18/h2-8H,9,19H2,1H3. The molecular weight excluding hydrogens is 267 g/mol. The molecule has 2 nitrogen and oxygen atoms in total. The van der Waals surface area contributed by atoms with Gasteiger partial charge in [0, 0.05) is 5.56 Å². The number of nitrogen functional groups attached to an aromatic ring is 1. The molecule has 0 saturated carbocycles. The zero-order valence-corrected chi connectivity index (χ0v) is 10.9. The fourth-order valence-electron chi connectivity index (χ4n) is 1.91. The van der Waals surface area contributed by atoms with E-state index in [1.165, 1.54) is 6.07 Å². The largest absolute Gasteiger partial charge is 0.481 e. The molecule has 2 rings (SSSR count). The number of halogens is 3. The second kappa shape index (κ2) is 5.45. The minimum Gasteiger partial charge on any atom is -0.481 e. The lowest BCUT2D eigenvalue weighted by molar-refractivity contribution is -0.153. The fourth-order valence-corrected chi connectivity index (χ4v) is 1.91. The molecule has 20 heavy (non-hydrogen) atoms. The molecule has 0 atom stereocenters. The van der Waals surface area contributed by atoms with Crippen LogP contribution in [0.2, 0.25) is 0 Å². The summed E-state index contributed by atoms with van der Waals surface area (Å²) in [6.07, 6.45) is -4.40. The number of aryl methyl sites for hydroxylation is 1. The zero-order chi connectivity index (χ0) is 14.8. The Hall–Kier alpha value is -2.17. The van der Waals surface area contributed by atoms with E-state index in [9.17, 15) is 13.2 Å². The molecule has 2 N–H and O–H groups in total. The molecule has 0 aromatic heterocycles. The van der Waals surface area contributed by atoms with Crippen LogP contribution in [0.25, 0.3) is 11.1 Å². The van der Waals surface area contributed by atoms with E-state index < -0.39 is 12.8 Å². The number of nitrogens with two attached hydrogens (primary N) is 1. The summed E-state index contributed by atoms with van der Waals surface area (Å²) in [6, 6.07) is 12.3. The van der Waals surface area contributed by atoms with Crippen molar-refractivity contribution in [2.45, 2.75) is 13.1 Å². The molecule has 0 spiro atoms. The predicted molar refractivity (Wildman–Crippen MR) is 72.6 cm³/mol. The summed E-state index contributed by atoms with van der Waals surface area (Å²) in [7, 11) is 0. The molecule has 2 aromatic carbocycles. The fraction of sp³-hybridized carbons (Fsp3) is 0.200. The third kappa shape index (κ3) is 3.44. The van der Waals surface area contributed by atoms with E-state index in [0.29, 0.717) is 5.56 Å². The van der Waals surface area contributed by atoms with Crippen molar-refractivity contribution in [1.29, 1.82) is 0 Å². The van der Waals surface area contributed by atoms with Crippen LogP contribution in [0.1, 0.15) is 5.56 Å². The number of benzene rings is 2. The summed E-state index contributed by atoms with van der Waals surface area (Å²) in [5.74, 6) is 0.0652. The van der Waals surface area contributed by atoms with Gasteiger partial charge in [0.25, 0.3) is 0 Å². The Balaban J connectivity index is 2.41. The molecule has 0 radical (unpaired) electrons. The van der Waals surface area contributed by atoms with Gasteiger partial charge in [0.15, 0.2) is 6.61 Å². The summed E-state index contributed by atoms with van der Waals surface area (Å²) in [5.41, 5.74) is 8.25. The first-order valence-electron chi connectivity index (χ1n) is 6.02. The molecule has 2 aromatic rings. The minimum atomic E-state index is -4.40. The molecule has 0 fully saturated rings. The third-order valence-electron chi connectivity index (χ3n) is 2.75. The van der Waals surface area contributed by atoms with Gasteiger partial charge in [-0.05, 0) is 18.6 Å². The highest BCUT2D eigenvalue weighted by Gasteiger charge is 2.29. The lowest BCUT2D eigenvalue weighted by atomic mass is 10.0. The van der Waals surface area contributed by atoms with E-state index in [-0.39, 0.29) is 11.4 Å². The zero-order valence-electron chi connectivity index (χ0n) is 10.9. The topological polar surface area (TPSA) is 35.2 Å². The van der Waals surface area contributed by atoms with Crippen LogP contribution in [0.3, 0.4) is 0 Å². The lowest BCUT2D eigenvalue weighted by Crippen LogP contribution is -2.20. The van der Waals surface area contributed by atoms with Gasteiger partial charge in [0.1, 0.15) is 5.75 Å². The molecule has 5 heteroatoms. The minimum absolute atomic E-state index is 0.0652. The van der Waals surface area contributed by atoms with Crippen LogP contribution in [0.5, 0.6) is 5.75 Å². The molecule has 0 heterocycles. The van der Waals surface area contributed by atoms with Crippen molar-refractivity contribution in [2.24, 2.45) is 0 Å². The van der Waals surface area contributed by atoms with Gasteiger partial charge in [-0.3, -0.25) is 0 Å². The quantitative estimate of drug-likeness (QED) is 0.856. The van der Waals surface area contributed by atoms with E-state index in [0.717, 1.165) is 11.1 Å². The van der Waals surface area contributed by atoms with Crippen molar-refractivity contribution < 1.29 is 17.9 Å². The highest BCUT2D eigenvalue weighted by Crippen LogP contribution is 2.36. The molecule has 0 unspecified atom stereocenters. The van der Waals surface area contributed by atoms with E-state index in [1.807, 2.05) is 31.2 Å². The van der Waals surface area contributed by atoms with Gasteiger partial charge in [0.2, 0.25) is 0 Å². The Bertz CT molecular complexity index is 608. The van der Waals surface area contributed by atoms with Gasteiger partial charge in [-0.2, -0.15) is 13.2 Å². The number of para-hydroxylation sites is 1. The molecule has 0 aliphatic rings. The molecule has 0 aliphatic heterocycles. The average molecular weight is 281 g/mol. The molecule has 0 amide bonds. The van der Waals surface area contributed by atoms with Crippen LogP contribution in [-0.2, 0) is 0 Å². The highest BCUT2D eigenvalue weighted by atomic mass is 19.4. The first-order valence-corrected chi connectivity index (χ1v) is 6.02. The van der Waals surface area contributed by atoms with E-state index in [4.69, 9.17) is 10.5 Å². The molecule has 0 saturated heterocycles. The van der Waals surface area contributed by atoms with Crippen molar-refractivity contribution in [3.63, 3.8) is 0 Å². The number of anilines is 1. The second-order valence-corrected chi connectivity index (χ2v) is 4.50. The maximum absolute atomic E-state index is 12.3. The van der Waals surface area contributed by atoms with Crippen LogP contribution in [0.4, 0.5) is 18.9 Å². The summed E-state index contributed by atoms with van der Waals surface area (Å²) in [5, 5.41) is 0. The number of hydrogen-bond donors (Lipinski definition) is 1. The number of alkyl halides is 3. The van der Waals surface area contributed by atoms with Gasteiger partial charge in [-0.1, -0.05) is 42.0 Å². The average Bonchev–Trinajstić information content (AvgIpc) is 2.36. The van der Waals surface area contributed by atoms with E-state index in [1.54, 1.807) is 12.1 Å². The Morgan fingerprint density at radius 1 is 1.10 bits per heavy atom. The van der Waals surface area contributed by atoms with Gasteiger partial charge in [-0.25, -0.2) is 0 Å². The van der Waals surface area contributed by atoms with Gasteiger partial charge >= 0.3 is 6.18 Å². The first-order chi connectivity index (χ1) is 9.37. The Kier molecular flexibility index (Phi) is 3.88. The normalized spacial score (nSPS) is 11.4. The van der Waals surface area contributed by atoms with Crippen molar-refractivity contribution in [2.75, 3.05) is 12.3 Å². The molecule has 106 valence electrons.